The van der Waals surface area contributed by atoms with Gasteiger partial charge in [0.1, 0.15) is 5.75 Å². The van der Waals surface area contributed by atoms with Gasteiger partial charge in [-0.05, 0) is 47.9 Å². The molecule has 0 aromatic heterocycles. The molecule has 0 atom stereocenters. The largest absolute Gasteiger partial charge is 0.493 e. The highest BCUT2D eigenvalue weighted by molar-refractivity contribution is 6.30. The van der Waals surface area contributed by atoms with Crippen LogP contribution in [0.5, 0.6) is 5.75 Å². The van der Waals surface area contributed by atoms with Gasteiger partial charge in [0.25, 0.3) is 0 Å². The quantitative estimate of drug-likeness (QED) is 0.809. The average Bonchev–Trinajstić information content (AvgIpc) is 2.44. The second-order valence-electron chi connectivity index (χ2n) is 5.21. The van der Waals surface area contributed by atoms with E-state index in [9.17, 15) is 0 Å². The average molecular weight is 290 g/mol. The molecule has 0 aliphatic heterocycles. The maximum absolute atomic E-state index is 5.96. The van der Waals surface area contributed by atoms with Crippen LogP contribution in [0.2, 0.25) is 5.02 Å². The van der Waals surface area contributed by atoms with Crippen molar-refractivity contribution in [2.45, 2.75) is 20.4 Å². The van der Waals surface area contributed by atoms with E-state index < -0.39 is 0 Å². The molecule has 106 valence electrons. The molecule has 0 aliphatic rings. The fraction of sp³-hybridized carbons (Fsp3) is 0.294. The molecule has 0 amide bonds. The highest BCUT2D eigenvalue weighted by Crippen LogP contribution is 2.18. The third kappa shape index (κ3) is 4.78. The van der Waals surface area contributed by atoms with Crippen LogP contribution in [0.3, 0.4) is 0 Å². The van der Waals surface area contributed by atoms with Crippen LogP contribution in [0, 0.1) is 5.92 Å². The van der Waals surface area contributed by atoms with Crippen LogP contribution in [-0.2, 0) is 6.54 Å². The SMILES string of the molecule is CC(C)COc1ccc(NCc2cccc(Cl)c2)cc1. The molecule has 1 N–H and O–H groups in total. The van der Waals surface area contributed by atoms with E-state index in [2.05, 4.69) is 25.2 Å². The first-order valence-corrected chi connectivity index (χ1v) is 7.22. The van der Waals surface area contributed by atoms with Crippen molar-refractivity contribution in [2.75, 3.05) is 11.9 Å². The number of hydrogen-bond acceptors (Lipinski definition) is 2. The Morgan fingerprint density at radius 1 is 1.10 bits per heavy atom. The molecule has 2 aromatic carbocycles. The zero-order valence-electron chi connectivity index (χ0n) is 11.9. The second-order valence-corrected chi connectivity index (χ2v) is 5.65. The topological polar surface area (TPSA) is 21.3 Å². The van der Waals surface area contributed by atoms with Crippen molar-refractivity contribution in [1.82, 2.24) is 0 Å². The smallest absolute Gasteiger partial charge is 0.119 e. The number of nitrogens with one attached hydrogen (secondary N) is 1. The number of halogens is 1. The number of rotatable bonds is 6. The van der Waals surface area contributed by atoms with Crippen molar-refractivity contribution >= 4 is 17.3 Å². The lowest BCUT2D eigenvalue weighted by Gasteiger charge is -2.10. The van der Waals surface area contributed by atoms with E-state index in [0.717, 1.165) is 35.2 Å². The molecule has 0 radical (unpaired) electrons. The Morgan fingerprint density at radius 2 is 1.85 bits per heavy atom. The van der Waals surface area contributed by atoms with Gasteiger partial charge in [-0.1, -0.05) is 37.6 Å². The third-order valence-electron chi connectivity index (χ3n) is 2.82. The number of ether oxygens (including phenoxy) is 1. The van der Waals surface area contributed by atoms with Crippen LogP contribution in [0.1, 0.15) is 19.4 Å². The van der Waals surface area contributed by atoms with E-state index in [1.807, 2.05) is 42.5 Å². The van der Waals surface area contributed by atoms with E-state index in [1.54, 1.807) is 0 Å². The lowest BCUT2D eigenvalue weighted by molar-refractivity contribution is 0.271. The highest BCUT2D eigenvalue weighted by Gasteiger charge is 1.99. The minimum Gasteiger partial charge on any atom is -0.493 e. The Morgan fingerprint density at radius 3 is 2.50 bits per heavy atom. The Kier molecular flexibility index (Phi) is 5.31. The van der Waals surface area contributed by atoms with E-state index >= 15 is 0 Å². The predicted octanol–water partition coefficient (Wildman–Crippen LogP) is 4.99. The van der Waals surface area contributed by atoms with Gasteiger partial charge >= 0.3 is 0 Å². The third-order valence-corrected chi connectivity index (χ3v) is 3.06. The summed E-state index contributed by atoms with van der Waals surface area (Å²) in [6, 6.07) is 15.9. The molecule has 2 aromatic rings. The molecule has 0 fully saturated rings. The van der Waals surface area contributed by atoms with Crippen molar-refractivity contribution in [1.29, 1.82) is 0 Å². The molecule has 0 spiro atoms. The molecular weight excluding hydrogens is 270 g/mol. The summed E-state index contributed by atoms with van der Waals surface area (Å²) in [4.78, 5) is 0. The van der Waals surface area contributed by atoms with Crippen molar-refractivity contribution in [3.8, 4) is 5.75 Å². The van der Waals surface area contributed by atoms with Crippen LogP contribution in [0.15, 0.2) is 48.5 Å². The van der Waals surface area contributed by atoms with Crippen molar-refractivity contribution in [3.05, 3.63) is 59.1 Å². The summed E-state index contributed by atoms with van der Waals surface area (Å²) >= 11 is 5.96. The van der Waals surface area contributed by atoms with Gasteiger partial charge < -0.3 is 10.1 Å². The standard InChI is InChI=1S/C17H20ClNO/c1-13(2)12-20-17-8-6-16(7-9-17)19-11-14-4-3-5-15(18)10-14/h3-10,13,19H,11-12H2,1-2H3. The monoisotopic (exact) mass is 289 g/mol. The summed E-state index contributed by atoms with van der Waals surface area (Å²) in [6.45, 7) is 5.78. The molecule has 0 unspecified atom stereocenters. The Hall–Kier alpha value is -1.67. The molecule has 2 rings (SSSR count). The van der Waals surface area contributed by atoms with Crippen molar-refractivity contribution < 1.29 is 4.74 Å². The molecule has 0 heterocycles. The minimum atomic E-state index is 0.538. The molecule has 3 heteroatoms. The fourth-order valence-corrected chi connectivity index (χ4v) is 2.00. The van der Waals surface area contributed by atoms with E-state index in [4.69, 9.17) is 16.3 Å². The molecule has 0 bridgehead atoms. The molecule has 0 saturated carbocycles. The van der Waals surface area contributed by atoms with Crippen LogP contribution in [0.4, 0.5) is 5.69 Å². The van der Waals surface area contributed by atoms with Gasteiger partial charge in [-0.15, -0.1) is 0 Å². The Bertz CT molecular complexity index is 537. The van der Waals surface area contributed by atoms with Gasteiger partial charge in [-0.3, -0.25) is 0 Å². The first kappa shape index (κ1) is 14.7. The summed E-state index contributed by atoms with van der Waals surface area (Å²) in [7, 11) is 0. The van der Waals surface area contributed by atoms with Crippen LogP contribution < -0.4 is 10.1 Å². The number of hydrogen-bond donors (Lipinski definition) is 1. The zero-order valence-corrected chi connectivity index (χ0v) is 12.7. The van der Waals surface area contributed by atoms with E-state index in [1.165, 1.54) is 0 Å². The number of anilines is 1. The van der Waals surface area contributed by atoms with Crippen LogP contribution >= 0.6 is 11.6 Å². The minimum absolute atomic E-state index is 0.538. The summed E-state index contributed by atoms with van der Waals surface area (Å²) in [5, 5.41) is 4.13. The normalized spacial score (nSPS) is 10.6. The summed E-state index contributed by atoms with van der Waals surface area (Å²) in [5.41, 5.74) is 2.24. The van der Waals surface area contributed by atoms with Gasteiger partial charge in [0.05, 0.1) is 6.61 Å². The van der Waals surface area contributed by atoms with Crippen LogP contribution in [0.25, 0.3) is 0 Å². The Balaban J connectivity index is 1.87. The van der Waals surface area contributed by atoms with Gasteiger partial charge in [0.15, 0.2) is 0 Å². The lowest BCUT2D eigenvalue weighted by atomic mass is 10.2. The molecule has 2 nitrogen and oxygen atoms in total. The fourth-order valence-electron chi connectivity index (χ4n) is 1.78. The van der Waals surface area contributed by atoms with Gasteiger partial charge in [-0.2, -0.15) is 0 Å². The zero-order chi connectivity index (χ0) is 14.4. The molecule has 20 heavy (non-hydrogen) atoms. The van der Waals surface area contributed by atoms with Crippen molar-refractivity contribution in [2.24, 2.45) is 5.92 Å². The molecule has 0 aliphatic carbocycles. The van der Waals surface area contributed by atoms with Gasteiger partial charge in [-0.25, -0.2) is 0 Å². The second kappa shape index (κ2) is 7.20. The maximum atomic E-state index is 5.96. The van der Waals surface area contributed by atoms with E-state index in [-0.39, 0.29) is 0 Å². The first-order valence-electron chi connectivity index (χ1n) is 6.84. The predicted molar refractivity (Wildman–Crippen MR) is 85.6 cm³/mol. The first-order chi connectivity index (χ1) is 9.63. The van der Waals surface area contributed by atoms with E-state index in [0.29, 0.717) is 5.92 Å². The summed E-state index contributed by atoms with van der Waals surface area (Å²) in [5.74, 6) is 1.45. The summed E-state index contributed by atoms with van der Waals surface area (Å²) < 4.78 is 5.66. The van der Waals surface area contributed by atoms with Crippen LogP contribution in [-0.4, -0.2) is 6.61 Å². The van der Waals surface area contributed by atoms with Gasteiger partial charge in [0.2, 0.25) is 0 Å². The molecule has 0 saturated heterocycles. The van der Waals surface area contributed by atoms with Crippen molar-refractivity contribution in [3.63, 3.8) is 0 Å². The lowest BCUT2D eigenvalue weighted by Crippen LogP contribution is -2.04. The summed E-state index contributed by atoms with van der Waals surface area (Å²) in [6.07, 6.45) is 0. The maximum Gasteiger partial charge on any atom is 0.119 e. The van der Waals surface area contributed by atoms with Gasteiger partial charge in [0, 0.05) is 17.3 Å². The molecular formula is C17H20ClNO. The highest BCUT2D eigenvalue weighted by atomic mass is 35.5. The Labute approximate surface area is 125 Å². The number of benzene rings is 2.